The van der Waals surface area contributed by atoms with Crippen LogP contribution >= 0.6 is 35.0 Å². The monoisotopic (exact) mass is 474 g/mol. The molecule has 2 aliphatic rings. The van der Waals surface area contributed by atoms with Gasteiger partial charge in [0.1, 0.15) is 5.75 Å². The molecule has 0 radical (unpaired) electrons. The van der Waals surface area contributed by atoms with E-state index >= 15 is 0 Å². The van der Waals surface area contributed by atoms with Crippen molar-refractivity contribution in [1.29, 1.82) is 0 Å². The number of carboxylic acid groups (broad SMARTS) is 1. The lowest BCUT2D eigenvalue weighted by atomic mass is 9.94. The Hall–Kier alpha value is -2.41. The van der Waals surface area contributed by atoms with Gasteiger partial charge in [-0.2, -0.15) is 0 Å². The highest BCUT2D eigenvalue weighted by Gasteiger charge is 2.40. The molecule has 1 N–H and O–H groups in total. The number of halogens is 2. The summed E-state index contributed by atoms with van der Waals surface area (Å²) in [4.78, 5) is 19.5. The van der Waals surface area contributed by atoms with E-state index in [2.05, 4.69) is 4.99 Å². The number of allylic oxidation sites excluding steroid dienone is 1. The molecule has 0 unspecified atom stereocenters. The zero-order valence-corrected chi connectivity index (χ0v) is 19.4. The van der Waals surface area contributed by atoms with E-state index in [0.29, 0.717) is 32.2 Å². The Morgan fingerprint density at radius 3 is 2.48 bits per heavy atom. The third kappa shape index (κ3) is 4.07. The summed E-state index contributed by atoms with van der Waals surface area (Å²) in [7, 11) is 0. The van der Waals surface area contributed by atoms with Crippen molar-refractivity contribution in [1.82, 2.24) is 4.90 Å². The van der Waals surface area contributed by atoms with Gasteiger partial charge in [-0.3, -0.25) is 0 Å². The van der Waals surface area contributed by atoms with E-state index in [9.17, 15) is 9.90 Å². The zero-order chi connectivity index (χ0) is 22.3. The molecule has 2 aromatic rings. The fraction of sp³-hybridized carbons (Fsp3) is 0.217. The van der Waals surface area contributed by atoms with Gasteiger partial charge in [0.2, 0.25) is 0 Å². The molecule has 2 aromatic carbocycles. The molecule has 0 amide bonds. The van der Waals surface area contributed by atoms with E-state index < -0.39 is 12.0 Å². The molecular weight excluding hydrogens is 455 g/mol. The van der Waals surface area contributed by atoms with Crippen LogP contribution in [-0.2, 0) is 4.79 Å². The van der Waals surface area contributed by atoms with E-state index in [-0.39, 0.29) is 11.7 Å². The van der Waals surface area contributed by atoms with Crippen LogP contribution in [-0.4, -0.2) is 27.2 Å². The van der Waals surface area contributed by atoms with Crippen molar-refractivity contribution >= 4 is 51.0 Å². The molecule has 0 bridgehead atoms. The third-order valence-electron chi connectivity index (χ3n) is 4.90. The number of aliphatic imine (C=N–C) groups is 1. The molecule has 0 aliphatic carbocycles. The summed E-state index contributed by atoms with van der Waals surface area (Å²) in [6.07, 6.45) is 1.81. The predicted octanol–water partition coefficient (Wildman–Crippen LogP) is 6.60. The second-order valence-corrected chi connectivity index (χ2v) is 9.23. The molecule has 1 atom stereocenters. The van der Waals surface area contributed by atoms with Crippen molar-refractivity contribution in [3.05, 3.63) is 81.1 Å². The van der Waals surface area contributed by atoms with Gasteiger partial charge in [-0.15, -0.1) is 0 Å². The maximum absolute atomic E-state index is 12.3. The molecule has 0 aromatic heterocycles. The van der Waals surface area contributed by atoms with E-state index in [0.717, 1.165) is 10.5 Å². The fourth-order valence-electron chi connectivity index (χ4n) is 3.66. The molecule has 4 rings (SSSR count). The molecule has 160 valence electrons. The number of carbonyl (C=O) groups is 1. The lowest BCUT2D eigenvalue weighted by Crippen LogP contribution is -2.33. The van der Waals surface area contributed by atoms with Crippen molar-refractivity contribution in [2.75, 3.05) is 0 Å². The van der Waals surface area contributed by atoms with Gasteiger partial charge in [-0.05, 0) is 50.7 Å². The molecule has 5 nitrogen and oxygen atoms in total. The number of hydrogen-bond acceptors (Lipinski definition) is 5. The van der Waals surface area contributed by atoms with Crippen molar-refractivity contribution in [2.24, 2.45) is 4.99 Å². The molecule has 8 heteroatoms. The number of thioether (sulfide) groups is 1. The predicted molar refractivity (Wildman–Crippen MR) is 127 cm³/mol. The van der Waals surface area contributed by atoms with Crippen LogP contribution in [0.4, 0.5) is 0 Å². The Bertz CT molecular complexity index is 1140. The Morgan fingerprint density at radius 2 is 1.84 bits per heavy atom. The van der Waals surface area contributed by atoms with Crippen molar-refractivity contribution in [2.45, 2.75) is 32.9 Å². The first-order chi connectivity index (χ1) is 14.8. The average molecular weight is 475 g/mol. The normalized spacial score (nSPS) is 18.1. The number of rotatable bonds is 5. The van der Waals surface area contributed by atoms with Crippen LogP contribution in [0.1, 0.15) is 37.9 Å². The Labute approximate surface area is 195 Å². The maximum Gasteiger partial charge on any atom is 0.335 e. The van der Waals surface area contributed by atoms with Crippen molar-refractivity contribution < 1.29 is 14.6 Å². The van der Waals surface area contributed by atoms with Gasteiger partial charge < -0.3 is 14.7 Å². The quantitative estimate of drug-likeness (QED) is 0.528. The van der Waals surface area contributed by atoms with Crippen LogP contribution in [0.2, 0.25) is 10.0 Å². The van der Waals surface area contributed by atoms with Crippen molar-refractivity contribution in [3.8, 4) is 5.75 Å². The van der Waals surface area contributed by atoms with Crippen molar-refractivity contribution in [3.63, 3.8) is 0 Å². The second-order valence-electron chi connectivity index (χ2n) is 7.40. The molecule has 0 spiro atoms. The highest BCUT2D eigenvalue weighted by atomic mass is 35.5. The number of carboxylic acids is 1. The minimum atomic E-state index is -1.02. The number of amidine groups is 1. The van der Waals surface area contributed by atoms with Crippen LogP contribution in [0, 0.1) is 0 Å². The summed E-state index contributed by atoms with van der Waals surface area (Å²) in [5.41, 5.74) is 2.11. The Balaban J connectivity index is 1.88. The average Bonchev–Trinajstić information content (AvgIpc) is 3.09. The number of ether oxygens (including phenoxy) is 1. The van der Waals surface area contributed by atoms with Gasteiger partial charge in [-0.1, -0.05) is 47.5 Å². The van der Waals surface area contributed by atoms with Gasteiger partial charge in [0.25, 0.3) is 0 Å². The number of benzene rings is 2. The summed E-state index contributed by atoms with van der Waals surface area (Å²) in [5.74, 6) is -0.384. The highest BCUT2D eigenvalue weighted by Crippen LogP contribution is 2.50. The van der Waals surface area contributed by atoms with E-state index in [4.69, 9.17) is 27.9 Å². The molecule has 2 heterocycles. The molecule has 2 aliphatic heterocycles. The summed E-state index contributed by atoms with van der Waals surface area (Å²) in [6.45, 7) is 5.59. The molecule has 0 saturated heterocycles. The maximum atomic E-state index is 12.3. The third-order valence-corrected chi connectivity index (χ3v) is 6.54. The smallest absolute Gasteiger partial charge is 0.335 e. The first kappa shape index (κ1) is 21.8. The summed E-state index contributed by atoms with van der Waals surface area (Å²) in [5, 5.41) is 11.8. The van der Waals surface area contributed by atoms with E-state index in [1.54, 1.807) is 25.1 Å². The second kappa shape index (κ2) is 8.61. The number of para-hydroxylation sites is 1. The van der Waals surface area contributed by atoms with Crippen LogP contribution in [0.5, 0.6) is 5.75 Å². The summed E-state index contributed by atoms with van der Waals surface area (Å²) < 4.78 is 6.01. The number of aliphatic carboxylic acids is 1. The van der Waals surface area contributed by atoms with Gasteiger partial charge in [0.15, 0.2) is 5.17 Å². The number of nitrogens with zero attached hydrogens (tertiary/aromatic N) is 2. The van der Waals surface area contributed by atoms with E-state index in [1.807, 2.05) is 49.2 Å². The number of fused-ring (bicyclic) bond motifs is 1. The molecular formula is C23H20Cl2N2O3S. The Morgan fingerprint density at radius 1 is 1.16 bits per heavy atom. The minimum Gasteiger partial charge on any atom is -0.491 e. The summed E-state index contributed by atoms with van der Waals surface area (Å²) in [6, 6.07) is 12.2. The largest absolute Gasteiger partial charge is 0.491 e. The Kier molecular flexibility index (Phi) is 6.06. The first-order valence-corrected chi connectivity index (χ1v) is 11.3. The molecule has 0 saturated carbocycles. The lowest BCUT2D eigenvalue weighted by Gasteiger charge is -2.33. The van der Waals surface area contributed by atoms with Gasteiger partial charge in [0.05, 0.1) is 33.5 Å². The van der Waals surface area contributed by atoms with Gasteiger partial charge in [-0.25, -0.2) is 9.79 Å². The SMILES string of the molecule is CC1=C(C(=O)O)[C@H](c2ccccc2OC(C)C)N2C=C(c3c(Cl)cccc3Cl)SC2=N1. The van der Waals surface area contributed by atoms with Gasteiger partial charge in [0, 0.05) is 22.2 Å². The molecule has 31 heavy (non-hydrogen) atoms. The van der Waals surface area contributed by atoms with Crippen LogP contribution < -0.4 is 4.74 Å². The van der Waals surface area contributed by atoms with E-state index in [1.165, 1.54) is 11.8 Å². The van der Waals surface area contributed by atoms with Crippen LogP contribution in [0.15, 0.2) is 64.9 Å². The standard InChI is InChI=1S/C23H20Cl2N2O3S/c1-12(2)30-17-10-5-4-7-14(17)21-19(22(28)29)13(3)26-23-27(21)11-18(31-23)20-15(24)8-6-9-16(20)25/h4-12,21H,1-3H3,(H,28,29)/t21-/m0/s1. The first-order valence-electron chi connectivity index (χ1n) is 9.68. The zero-order valence-electron chi connectivity index (χ0n) is 17.1. The van der Waals surface area contributed by atoms with Gasteiger partial charge >= 0.3 is 5.97 Å². The van der Waals surface area contributed by atoms with Crippen LogP contribution in [0.25, 0.3) is 4.91 Å². The summed E-state index contributed by atoms with van der Waals surface area (Å²) >= 11 is 14.3. The highest BCUT2D eigenvalue weighted by molar-refractivity contribution is 8.22. The van der Waals surface area contributed by atoms with Crippen LogP contribution in [0.3, 0.4) is 0 Å². The topological polar surface area (TPSA) is 62.1 Å². The minimum absolute atomic E-state index is 0.0581. The fourth-order valence-corrected chi connectivity index (χ4v) is 5.50. The molecule has 0 fully saturated rings. The number of hydrogen-bond donors (Lipinski definition) is 1. The lowest BCUT2D eigenvalue weighted by molar-refractivity contribution is -0.133.